The van der Waals surface area contributed by atoms with Crippen LogP contribution in [0.4, 0.5) is 17.6 Å². The van der Waals surface area contributed by atoms with Gasteiger partial charge in [-0.3, -0.25) is 4.79 Å². The van der Waals surface area contributed by atoms with E-state index in [2.05, 4.69) is 4.74 Å². The van der Waals surface area contributed by atoms with Crippen LogP contribution in [0.2, 0.25) is 0 Å². The molecule has 2 atom stereocenters. The molecule has 1 saturated carbocycles. The lowest BCUT2D eigenvalue weighted by Gasteiger charge is -2.10. The molecule has 26 heavy (non-hydrogen) atoms. The fourth-order valence-corrected chi connectivity index (χ4v) is 2.88. The van der Waals surface area contributed by atoms with E-state index < -0.39 is 64.3 Å². The van der Waals surface area contributed by atoms with Crippen LogP contribution >= 0.6 is 0 Å². The Morgan fingerprint density at radius 1 is 1.08 bits per heavy atom. The van der Waals surface area contributed by atoms with Gasteiger partial charge in [-0.15, -0.1) is 0 Å². The fourth-order valence-electron chi connectivity index (χ4n) is 2.88. The summed E-state index contributed by atoms with van der Waals surface area (Å²) in [5.41, 5.74) is -2.31. The Morgan fingerprint density at radius 2 is 1.62 bits per heavy atom. The Kier molecular flexibility index (Phi) is 5.44. The molecule has 0 amide bonds. The highest BCUT2D eigenvalue weighted by molar-refractivity contribution is 5.83. The van der Waals surface area contributed by atoms with E-state index in [0.717, 1.165) is 6.92 Å². The molecule has 0 N–H and O–H groups in total. The van der Waals surface area contributed by atoms with E-state index in [0.29, 0.717) is 0 Å². The van der Waals surface area contributed by atoms with Gasteiger partial charge in [-0.25, -0.2) is 22.4 Å². The number of hydrogen-bond donors (Lipinski definition) is 0. The van der Waals surface area contributed by atoms with Crippen LogP contribution in [-0.4, -0.2) is 19.0 Å². The van der Waals surface area contributed by atoms with E-state index in [1.165, 1.54) is 19.3 Å². The summed E-state index contributed by atoms with van der Waals surface area (Å²) >= 11 is 0. The first kappa shape index (κ1) is 19.9. The number of benzene rings is 1. The van der Waals surface area contributed by atoms with Gasteiger partial charge in [0.2, 0.25) is 0 Å². The van der Waals surface area contributed by atoms with Gasteiger partial charge in [0, 0.05) is 11.6 Å². The predicted molar refractivity (Wildman–Crippen MR) is 82.7 cm³/mol. The van der Waals surface area contributed by atoms with Crippen LogP contribution in [-0.2, 0) is 25.7 Å². The molecule has 1 aromatic rings. The van der Waals surface area contributed by atoms with Crippen LogP contribution in [0, 0.1) is 47.4 Å². The van der Waals surface area contributed by atoms with Crippen LogP contribution < -0.4 is 0 Å². The normalized spacial score (nSPS) is 20.9. The summed E-state index contributed by atoms with van der Waals surface area (Å²) in [5, 5.41) is 0. The molecular formula is C18H18F4O4. The van der Waals surface area contributed by atoms with E-state index in [4.69, 9.17) is 4.74 Å². The Morgan fingerprint density at radius 3 is 2.12 bits per heavy atom. The molecule has 1 aliphatic rings. The van der Waals surface area contributed by atoms with Crippen molar-refractivity contribution in [1.82, 2.24) is 0 Å². The summed E-state index contributed by atoms with van der Waals surface area (Å²) in [5.74, 6) is -8.60. The maximum absolute atomic E-state index is 13.8. The number of methoxy groups -OCH3 is 1. The van der Waals surface area contributed by atoms with Crippen LogP contribution in [0.1, 0.15) is 25.0 Å². The number of hydrogen-bond acceptors (Lipinski definition) is 4. The van der Waals surface area contributed by atoms with Crippen molar-refractivity contribution in [3.05, 3.63) is 46.5 Å². The zero-order valence-corrected chi connectivity index (χ0v) is 14.7. The molecule has 4 nitrogen and oxygen atoms in total. The lowest BCUT2D eigenvalue weighted by molar-refractivity contribution is -0.147. The van der Waals surface area contributed by atoms with Crippen LogP contribution in [0.3, 0.4) is 0 Å². The average Bonchev–Trinajstić information content (AvgIpc) is 3.16. The van der Waals surface area contributed by atoms with Crippen molar-refractivity contribution in [2.45, 2.75) is 27.4 Å². The van der Waals surface area contributed by atoms with Crippen LogP contribution in [0.5, 0.6) is 0 Å². The van der Waals surface area contributed by atoms with Gasteiger partial charge >= 0.3 is 11.9 Å². The van der Waals surface area contributed by atoms with Gasteiger partial charge in [0.05, 0.1) is 18.6 Å². The van der Waals surface area contributed by atoms with Crippen LogP contribution in [0.25, 0.3) is 0 Å². The molecule has 1 aliphatic carbocycles. The zero-order valence-electron chi connectivity index (χ0n) is 14.7. The van der Waals surface area contributed by atoms with E-state index >= 15 is 0 Å². The van der Waals surface area contributed by atoms with Crippen molar-refractivity contribution in [2.75, 3.05) is 7.11 Å². The topological polar surface area (TPSA) is 52.6 Å². The van der Waals surface area contributed by atoms with Crippen LogP contribution in [0.15, 0.2) is 12.2 Å². The smallest absolute Gasteiger partial charge is 0.330 e. The second-order valence-electron chi connectivity index (χ2n) is 6.67. The number of esters is 2. The molecule has 2 unspecified atom stereocenters. The molecule has 0 bridgehead atoms. The Labute approximate surface area is 147 Å². The number of carbonyl (C=O) groups excluding carboxylic acids is 2. The minimum atomic E-state index is -1.59. The number of allylic oxidation sites excluding steroid dienone is 1. The number of ether oxygens (including phenoxy) is 2. The molecule has 2 rings (SSSR count). The number of rotatable bonds is 5. The maximum Gasteiger partial charge on any atom is 0.330 e. The second kappa shape index (κ2) is 7.09. The predicted octanol–water partition coefficient (Wildman–Crippen LogP) is 3.60. The molecule has 1 fully saturated rings. The molecule has 0 radical (unpaired) electrons. The fraction of sp³-hybridized carbons (Fsp3) is 0.444. The summed E-state index contributed by atoms with van der Waals surface area (Å²) in [6.45, 7) is 3.46. The van der Waals surface area contributed by atoms with Crippen molar-refractivity contribution >= 4 is 11.9 Å². The zero-order chi connectivity index (χ0) is 19.8. The Bertz CT molecular complexity index is 757. The maximum atomic E-state index is 13.8. The van der Waals surface area contributed by atoms with Gasteiger partial charge in [-0.2, -0.15) is 0 Å². The van der Waals surface area contributed by atoms with Crippen molar-refractivity contribution in [2.24, 2.45) is 17.3 Å². The molecule has 0 aliphatic heterocycles. The molecule has 142 valence electrons. The number of halogens is 4. The summed E-state index contributed by atoms with van der Waals surface area (Å²) in [6, 6.07) is 0. The minimum absolute atomic E-state index is 0.338. The van der Waals surface area contributed by atoms with Gasteiger partial charge in [0.15, 0.2) is 23.3 Å². The molecule has 0 heterocycles. The van der Waals surface area contributed by atoms with Crippen molar-refractivity contribution < 1.29 is 36.6 Å². The standard InChI is InChI=1S/C18H18F4O4/c1-8-13(19)15(21)9(16(22)14(8)20)7-26-17(24)12-10(18(12,2)3)5-6-11(23)25-4/h5-6,10,12H,7H2,1-4H3. The van der Waals surface area contributed by atoms with E-state index in [-0.39, 0.29) is 5.92 Å². The van der Waals surface area contributed by atoms with Gasteiger partial charge in [-0.1, -0.05) is 19.9 Å². The van der Waals surface area contributed by atoms with Crippen molar-refractivity contribution in [1.29, 1.82) is 0 Å². The summed E-state index contributed by atoms with van der Waals surface area (Å²) in [7, 11) is 1.21. The molecule has 0 saturated heterocycles. The first-order chi connectivity index (χ1) is 12.0. The minimum Gasteiger partial charge on any atom is -0.466 e. The van der Waals surface area contributed by atoms with E-state index in [1.54, 1.807) is 13.8 Å². The summed E-state index contributed by atoms with van der Waals surface area (Å²) in [4.78, 5) is 23.3. The monoisotopic (exact) mass is 374 g/mol. The summed E-state index contributed by atoms with van der Waals surface area (Å²) < 4.78 is 64.0. The quantitative estimate of drug-likeness (QED) is 0.342. The van der Waals surface area contributed by atoms with Crippen molar-refractivity contribution in [3.8, 4) is 0 Å². The third kappa shape index (κ3) is 3.45. The SMILES string of the molecule is COC(=O)C=CC1C(C(=O)OCc2c(F)c(F)c(C)c(F)c2F)C1(C)C. The lowest BCUT2D eigenvalue weighted by Crippen LogP contribution is -2.14. The molecule has 0 aromatic heterocycles. The van der Waals surface area contributed by atoms with E-state index in [9.17, 15) is 27.2 Å². The highest BCUT2D eigenvalue weighted by Crippen LogP contribution is 2.59. The lowest BCUT2D eigenvalue weighted by atomic mass is 10.1. The molecule has 0 spiro atoms. The molecule has 8 heteroatoms. The molecule has 1 aromatic carbocycles. The second-order valence-corrected chi connectivity index (χ2v) is 6.67. The highest BCUT2D eigenvalue weighted by Gasteiger charge is 2.61. The van der Waals surface area contributed by atoms with E-state index in [1.807, 2.05) is 0 Å². The van der Waals surface area contributed by atoms with Gasteiger partial charge in [0.1, 0.15) is 6.61 Å². The Balaban J connectivity index is 2.11. The third-order valence-electron chi connectivity index (χ3n) is 4.74. The average molecular weight is 374 g/mol. The Hall–Kier alpha value is -2.38. The largest absolute Gasteiger partial charge is 0.466 e. The third-order valence-corrected chi connectivity index (χ3v) is 4.74. The summed E-state index contributed by atoms with van der Waals surface area (Å²) in [6.07, 6.45) is 2.66. The van der Waals surface area contributed by atoms with Gasteiger partial charge in [-0.05, 0) is 18.3 Å². The van der Waals surface area contributed by atoms with Crippen molar-refractivity contribution in [3.63, 3.8) is 0 Å². The highest BCUT2D eigenvalue weighted by atomic mass is 19.2. The van der Waals surface area contributed by atoms with Gasteiger partial charge in [0.25, 0.3) is 0 Å². The first-order valence-electron chi connectivity index (χ1n) is 7.78. The molecular weight excluding hydrogens is 356 g/mol. The van der Waals surface area contributed by atoms with Gasteiger partial charge < -0.3 is 9.47 Å². The number of carbonyl (C=O) groups is 2. The first-order valence-corrected chi connectivity index (χ1v) is 7.78.